The van der Waals surface area contributed by atoms with Gasteiger partial charge in [-0.1, -0.05) is 68.4 Å². The minimum atomic E-state index is -0.438. The van der Waals surface area contributed by atoms with Crippen molar-refractivity contribution in [2.24, 2.45) is 0 Å². The zero-order chi connectivity index (χ0) is 20.4. The molecule has 2 aromatic carbocycles. The van der Waals surface area contributed by atoms with E-state index in [9.17, 15) is 9.59 Å². The molecule has 2 rings (SSSR count). The Balaban J connectivity index is 2.19. The maximum atomic E-state index is 13.2. The number of benzene rings is 2. The monoisotopic (exact) mass is 380 g/mol. The van der Waals surface area contributed by atoms with Crippen LogP contribution in [-0.4, -0.2) is 35.8 Å². The fourth-order valence-corrected chi connectivity index (χ4v) is 3.33. The zero-order valence-corrected chi connectivity index (χ0v) is 17.3. The van der Waals surface area contributed by atoms with E-state index >= 15 is 0 Å². The van der Waals surface area contributed by atoms with E-state index in [-0.39, 0.29) is 11.8 Å². The number of rotatable bonds is 10. The molecular weight excluding hydrogens is 348 g/mol. The maximum Gasteiger partial charge on any atom is 0.242 e. The molecule has 1 N–H and O–H groups in total. The lowest BCUT2D eigenvalue weighted by atomic mass is 10.0. The van der Waals surface area contributed by atoms with Gasteiger partial charge in [-0.25, -0.2) is 0 Å². The summed E-state index contributed by atoms with van der Waals surface area (Å²) in [4.78, 5) is 27.7. The van der Waals surface area contributed by atoms with E-state index in [1.165, 1.54) is 5.56 Å². The van der Waals surface area contributed by atoms with Crippen LogP contribution in [0.5, 0.6) is 0 Å². The summed E-state index contributed by atoms with van der Waals surface area (Å²) in [6, 6.07) is 17.6. The first kappa shape index (κ1) is 21.7. The number of carbonyl (C=O) groups excluding carboxylic acids is 2. The smallest absolute Gasteiger partial charge is 0.242 e. The highest BCUT2D eigenvalue weighted by Crippen LogP contribution is 2.14. The summed E-state index contributed by atoms with van der Waals surface area (Å²) < 4.78 is 0. The van der Waals surface area contributed by atoms with Crippen LogP contribution in [0.1, 0.15) is 43.4 Å². The molecule has 0 saturated carbocycles. The van der Waals surface area contributed by atoms with Gasteiger partial charge in [0, 0.05) is 13.1 Å². The van der Waals surface area contributed by atoms with Crippen molar-refractivity contribution in [2.75, 3.05) is 13.1 Å². The first-order chi connectivity index (χ1) is 13.6. The molecule has 0 aliphatic heterocycles. The Morgan fingerprint density at radius 3 is 2.32 bits per heavy atom. The molecule has 2 amide bonds. The fraction of sp³-hybridized carbons (Fsp3) is 0.417. The number of nitrogens with zero attached hydrogens (tertiary/aromatic N) is 1. The van der Waals surface area contributed by atoms with Crippen molar-refractivity contribution in [2.45, 2.75) is 52.5 Å². The largest absolute Gasteiger partial charge is 0.354 e. The Bertz CT molecular complexity index is 758. The van der Waals surface area contributed by atoms with Gasteiger partial charge in [-0.3, -0.25) is 9.59 Å². The molecule has 0 saturated heterocycles. The summed E-state index contributed by atoms with van der Waals surface area (Å²) in [6.45, 7) is 7.17. The van der Waals surface area contributed by atoms with Crippen molar-refractivity contribution < 1.29 is 9.59 Å². The molecule has 0 aromatic heterocycles. The first-order valence-electron chi connectivity index (χ1n) is 10.2. The van der Waals surface area contributed by atoms with E-state index in [4.69, 9.17) is 0 Å². The van der Waals surface area contributed by atoms with Gasteiger partial charge in [-0.2, -0.15) is 0 Å². The molecule has 150 valence electrons. The van der Waals surface area contributed by atoms with Gasteiger partial charge in [0.15, 0.2) is 0 Å². The molecule has 4 nitrogen and oxygen atoms in total. The lowest BCUT2D eigenvalue weighted by Gasteiger charge is -2.31. The van der Waals surface area contributed by atoms with Gasteiger partial charge in [-0.05, 0) is 42.9 Å². The van der Waals surface area contributed by atoms with E-state index in [1.54, 1.807) is 4.90 Å². The summed E-state index contributed by atoms with van der Waals surface area (Å²) in [5.41, 5.74) is 3.28. The van der Waals surface area contributed by atoms with Crippen molar-refractivity contribution >= 4 is 11.8 Å². The molecule has 0 heterocycles. The summed E-state index contributed by atoms with van der Waals surface area (Å²) in [7, 11) is 0. The Labute approximate surface area is 169 Å². The van der Waals surface area contributed by atoms with E-state index in [1.807, 2.05) is 63.2 Å². The van der Waals surface area contributed by atoms with Gasteiger partial charge in [0.05, 0.1) is 6.42 Å². The third kappa shape index (κ3) is 6.22. The summed E-state index contributed by atoms with van der Waals surface area (Å²) in [6.07, 6.45) is 2.53. The van der Waals surface area contributed by atoms with Crippen LogP contribution in [0.2, 0.25) is 0 Å². The van der Waals surface area contributed by atoms with Crippen LogP contribution in [0.4, 0.5) is 0 Å². The first-order valence-corrected chi connectivity index (χ1v) is 10.2. The van der Waals surface area contributed by atoms with Gasteiger partial charge in [-0.15, -0.1) is 0 Å². The normalized spacial score (nSPS) is 11.7. The number of hydrogen-bond acceptors (Lipinski definition) is 2. The second-order valence-electron chi connectivity index (χ2n) is 7.14. The molecule has 0 radical (unpaired) electrons. The third-order valence-corrected chi connectivity index (χ3v) is 5.02. The Kier molecular flexibility index (Phi) is 8.73. The van der Waals surface area contributed by atoms with E-state index in [0.29, 0.717) is 25.9 Å². The summed E-state index contributed by atoms with van der Waals surface area (Å²) in [5.74, 6) is -0.0562. The Hall–Kier alpha value is -2.62. The third-order valence-electron chi connectivity index (χ3n) is 5.02. The second kappa shape index (κ2) is 11.3. The van der Waals surface area contributed by atoms with Crippen LogP contribution in [0.25, 0.3) is 0 Å². The fourth-order valence-electron chi connectivity index (χ4n) is 3.33. The van der Waals surface area contributed by atoms with E-state index in [0.717, 1.165) is 24.0 Å². The van der Waals surface area contributed by atoms with Crippen LogP contribution in [-0.2, 0) is 22.4 Å². The Morgan fingerprint density at radius 1 is 1.00 bits per heavy atom. The van der Waals surface area contributed by atoms with Crippen LogP contribution >= 0.6 is 0 Å². The molecular formula is C24H32N2O2. The molecule has 0 fully saturated rings. The summed E-state index contributed by atoms with van der Waals surface area (Å²) >= 11 is 0. The van der Waals surface area contributed by atoms with Gasteiger partial charge < -0.3 is 10.2 Å². The van der Waals surface area contributed by atoms with E-state index in [2.05, 4.69) is 17.4 Å². The minimum Gasteiger partial charge on any atom is -0.354 e. The molecule has 0 aliphatic rings. The number of nitrogens with one attached hydrogen (secondary N) is 1. The number of hydrogen-bond donors (Lipinski definition) is 1. The quantitative estimate of drug-likeness (QED) is 0.679. The highest BCUT2D eigenvalue weighted by molar-refractivity contribution is 5.88. The minimum absolute atomic E-state index is 0.00345. The number of aryl methyl sites for hydroxylation is 1. The summed E-state index contributed by atoms with van der Waals surface area (Å²) in [5, 5.41) is 2.96. The SMILES string of the molecule is CCCNC(=O)[C@H](CC)N(CCc1ccccc1)C(=O)Cc1ccccc1C. The number of amides is 2. The van der Waals surface area contributed by atoms with Crippen LogP contribution < -0.4 is 5.32 Å². The van der Waals surface area contributed by atoms with Gasteiger partial charge in [0.2, 0.25) is 11.8 Å². The predicted octanol–water partition coefficient (Wildman–Crippen LogP) is 3.91. The topological polar surface area (TPSA) is 49.4 Å². The van der Waals surface area contributed by atoms with Crippen molar-refractivity contribution in [3.05, 3.63) is 71.3 Å². The second-order valence-corrected chi connectivity index (χ2v) is 7.14. The van der Waals surface area contributed by atoms with Gasteiger partial charge in [0.25, 0.3) is 0 Å². The molecule has 2 aromatic rings. The standard InChI is InChI=1S/C24H32N2O2/c1-4-16-25-24(28)22(5-2)26(17-15-20-12-7-6-8-13-20)23(27)18-21-14-10-9-11-19(21)3/h6-14,22H,4-5,15-18H2,1-3H3,(H,25,28)/t22-/m0/s1. The molecule has 1 atom stereocenters. The molecule has 0 aliphatic carbocycles. The molecule has 28 heavy (non-hydrogen) atoms. The molecule has 0 unspecified atom stereocenters. The van der Waals surface area contributed by atoms with Crippen LogP contribution in [0.15, 0.2) is 54.6 Å². The average Bonchev–Trinajstić information content (AvgIpc) is 2.71. The molecule has 0 spiro atoms. The van der Waals surface area contributed by atoms with Crippen LogP contribution in [0, 0.1) is 6.92 Å². The lowest BCUT2D eigenvalue weighted by molar-refractivity contribution is -0.140. The Morgan fingerprint density at radius 2 is 1.68 bits per heavy atom. The van der Waals surface area contributed by atoms with E-state index < -0.39 is 6.04 Å². The predicted molar refractivity (Wildman–Crippen MR) is 114 cm³/mol. The van der Waals surface area contributed by atoms with Gasteiger partial charge in [0.1, 0.15) is 6.04 Å². The van der Waals surface area contributed by atoms with Crippen molar-refractivity contribution in [3.63, 3.8) is 0 Å². The molecule has 4 heteroatoms. The highest BCUT2D eigenvalue weighted by atomic mass is 16.2. The highest BCUT2D eigenvalue weighted by Gasteiger charge is 2.28. The zero-order valence-electron chi connectivity index (χ0n) is 17.3. The van der Waals surface area contributed by atoms with Crippen molar-refractivity contribution in [1.82, 2.24) is 10.2 Å². The lowest BCUT2D eigenvalue weighted by Crippen LogP contribution is -2.50. The average molecular weight is 381 g/mol. The number of carbonyl (C=O) groups is 2. The maximum absolute atomic E-state index is 13.2. The van der Waals surface area contributed by atoms with Crippen molar-refractivity contribution in [3.8, 4) is 0 Å². The molecule has 0 bridgehead atoms. The van der Waals surface area contributed by atoms with Gasteiger partial charge >= 0.3 is 0 Å². The van der Waals surface area contributed by atoms with Crippen LogP contribution in [0.3, 0.4) is 0 Å². The van der Waals surface area contributed by atoms with Crippen molar-refractivity contribution in [1.29, 1.82) is 0 Å².